The van der Waals surface area contributed by atoms with Gasteiger partial charge in [0.05, 0.1) is 10.9 Å². The van der Waals surface area contributed by atoms with Crippen molar-refractivity contribution >= 4 is 11.0 Å². The first-order valence-corrected chi connectivity index (χ1v) is 9.40. The molecular weight excluding hydrogens is 380 g/mol. The summed E-state index contributed by atoms with van der Waals surface area (Å²) in [7, 11) is 0. The van der Waals surface area contributed by atoms with Crippen LogP contribution in [0.25, 0.3) is 33.5 Å². The highest BCUT2D eigenvalue weighted by atomic mass is 16.5. The van der Waals surface area contributed by atoms with Crippen molar-refractivity contribution in [1.82, 2.24) is 10.1 Å². The second-order valence-corrected chi connectivity index (χ2v) is 6.67. The zero-order valence-corrected chi connectivity index (χ0v) is 15.8. The van der Waals surface area contributed by atoms with Gasteiger partial charge in [-0.3, -0.25) is 4.79 Å². The van der Waals surface area contributed by atoms with Gasteiger partial charge in [0.25, 0.3) is 5.89 Å². The summed E-state index contributed by atoms with van der Waals surface area (Å²) in [5.41, 5.74) is 2.58. The summed E-state index contributed by atoms with van der Waals surface area (Å²) in [4.78, 5) is 17.2. The molecule has 0 amide bonds. The zero-order chi connectivity index (χ0) is 20.3. The minimum atomic E-state index is -0.0848. The molecule has 0 aliphatic carbocycles. The van der Waals surface area contributed by atoms with Gasteiger partial charge >= 0.3 is 0 Å². The van der Waals surface area contributed by atoms with Crippen molar-refractivity contribution in [3.05, 3.63) is 101 Å². The maximum absolute atomic E-state index is 12.8. The molecule has 2 heterocycles. The van der Waals surface area contributed by atoms with Crippen molar-refractivity contribution in [3.63, 3.8) is 0 Å². The fraction of sp³-hybridized carbons (Fsp3) is 0.0417. The van der Waals surface area contributed by atoms with Crippen LogP contribution in [0.2, 0.25) is 0 Å². The number of benzene rings is 3. The summed E-state index contributed by atoms with van der Waals surface area (Å²) in [5, 5.41) is 4.47. The van der Waals surface area contributed by atoms with Gasteiger partial charge in [-0.1, -0.05) is 65.8 Å². The van der Waals surface area contributed by atoms with Crippen molar-refractivity contribution in [3.8, 4) is 28.3 Å². The fourth-order valence-corrected chi connectivity index (χ4v) is 3.18. The van der Waals surface area contributed by atoms with Gasteiger partial charge < -0.3 is 13.7 Å². The van der Waals surface area contributed by atoms with E-state index < -0.39 is 0 Å². The SMILES string of the molecule is O=c1c(-c2ccccc2)coc2cc(OCc3nc(-c4ccccc4)no3)ccc12. The summed E-state index contributed by atoms with van der Waals surface area (Å²) in [6.45, 7) is 0.109. The van der Waals surface area contributed by atoms with Gasteiger partial charge in [0.1, 0.15) is 17.6 Å². The predicted octanol–water partition coefficient (Wildman–Crippen LogP) is 5.09. The van der Waals surface area contributed by atoms with Crippen molar-refractivity contribution in [2.45, 2.75) is 6.61 Å². The highest BCUT2D eigenvalue weighted by Crippen LogP contribution is 2.24. The Labute approximate surface area is 171 Å². The molecule has 0 fully saturated rings. The Morgan fingerprint density at radius 1 is 0.867 bits per heavy atom. The van der Waals surface area contributed by atoms with Crippen LogP contribution in [-0.2, 0) is 6.61 Å². The molecule has 5 rings (SSSR count). The smallest absolute Gasteiger partial charge is 0.264 e. The van der Waals surface area contributed by atoms with Crippen LogP contribution < -0.4 is 10.2 Å². The standard InChI is InChI=1S/C24H16N2O4/c27-23-19-12-11-18(13-21(19)29-14-20(23)16-7-3-1-4-8-16)28-15-22-25-24(26-30-22)17-9-5-2-6-10-17/h1-14H,15H2. The topological polar surface area (TPSA) is 78.4 Å². The lowest BCUT2D eigenvalue weighted by atomic mass is 10.1. The molecule has 0 spiro atoms. The molecule has 6 heteroatoms. The number of hydrogen-bond acceptors (Lipinski definition) is 6. The van der Waals surface area contributed by atoms with Gasteiger partial charge in [0, 0.05) is 11.6 Å². The van der Waals surface area contributed by atoms with E-state index in [1.807, 2.05) is 60.7 Å². The van der Waals surface area contributed by atoms with E-state index in [4.69, 9.17) is 13.7 Å². The molecule has 146 valence electrons. The molecule has 0 saturated heterocycles. The molecule has 0 aliphatic heterocycles. The average Bonchev–Trinajstić information content (AvgIpc) is 3.28. The number of nitrogens with zero attached hydrogens (tertiary/aromatic N) is 2. The lowest BCUT2D eigenvalue weighted by Gasteiger charge is -2.06. The molecule has 0 N–H and O–H groups in total. The van der Waals surface area contributed by atoms with Crippen molar-refractivity contribution < 1.29 is 13.7 Å². The summed E-state index contributed by atoms with van der Waals surface area (Å²) in [5.74, 6) is 1.40. The first kappa shape index (κ1) is 17.9. The quantitative estimate of drug-likeness (QED) is 0.412. The van der Waals surface area contributed by atoms with E-state index >= 15 is 0 Å². The monoisotopic (exact) mass is 396 g/mol. The van der Waals surface area contributed by atoms with E-state index in [-0.39, 0.29) is 12.0 Å². The van der Waals surface area contributed by atoms with Gasteiger partial charge in [-0.15, -0.1) is 0 Å². The van der Waals surface area contributed by atoms with Gasteiger partial charge in [-0.05, 0) is 17.7 Å². The van der Waals surface area contributed by atoms with E-state index in [2.05, 4.69) is 10.1 Å². The zero-order valence-electron chi connectivity index (χ0n) is 15.8. The Hall–Kier alpha value is -4.19. The average molecular weight is 396 g/mol. The molecule has 30 heavy (non-hydrogen) atoms. The van der Waals surface area contributed by atoms with Crippen LogP contribution in [0.1, 0.15) is 5.89 Å². The molecule has 2 aromatic heterocycles. The Kier molecular flexibility index (Phi) is 4.57. The Morgan fingerprint density at radius 3 is 2.37 bits per heavy atom. The van der Waals surface area contributed by atoms with Crippen molar-refractivity contribution in [2.24, 2.45) is 0 Å². The number of aromatic nitrogens is 2. The highest BCUT2D eigenvalue weighted by Gasteiger charge is 2.12. The third-order valence-corrected chi connectivity index (χ3v) is 4.69. The van der Waals surface area contributed by atoms with Crippen LogP contribution in [-0.4, -0.2) is 10.1 Å². The number of fused-ring (bicyclic) bond motifs is 1. The van der Waals surface area contributed by atoms with E-state index in [0.717, 1.165) is 11.1 Å². The molecule has 3 aromatic carbocycles. The molecule has 0 atom stereocenters. The first-order chi connectivity index (χ1) is 14.8. The van der Waals surface area contributed by atoms with E-state index in [9.17, 15) is 4.79 Å². The Bertz CT molecular complexity index is 1360. The molecule has 0 unspecified atom stereocenters. The maximum Gasteiger partial charge on any atom is 0.264 e. The third kappa shape index (κ3) is 3.46. The Balaban J connectivity index is 1.36. The first-order valence-electron chi connectivity index (χ1n) is 9.40. The minimum absolute atomic E-state index is 0.0848. The minimum Gasteiger partial charge on any atom is -0.484 e. The largest absolute Gasteiger partial charge is 0.484 e. The normalized spacial score (nSPS) is 10.9. The molecule has 0 bridgehead atoms. The van der Waals surface area contributed by atoms with Crippen LogP contribution in [0.4, 0.5) is 0 Å². The van der Waals surface area contributed by atoms with Gasteiger partial charge in [0.15, 0.2) is 12.0 Å². The molecule has 6 nitrogen and oxygen atoms in total. The van der Waals surface area contributed by atoms with Gasteiger partial charge in [-0.25, -0.2) is 0 Å². The van der Waals surface area contributed by atoms with Crippen molar-refractivity contribution in [2.75, 3.05) is 0 Å². The lowest BCUT2D eigenvalue weighted by Crippen LogP contribution is -2.05. The molecule has 0 aliphatic rings. The van der Waals surface area contributed by atoms with Crippen molar-refractivity contribution in [1.29, 1.82) is 0 Å². The molecule has 0 saturated carbocycles. The molecule has 5 aromatic rings. The summed E-state index contributed by atoms with van der Waals surface area (Å²) >= 11 is 0. The van der Waals surface area contributed by atoms with Crippen LogP contribution in [0.15, 0.2) is 98.9 Å². The number of hydrogen-bond donors (Lipinski definition) is 0. The van der Waals surface area contributed by atoms with E-state index in [1.54, 1.807) is 18.2 Å². The van der Waals surface area contributed by atoms with Gasteiger partial charge in [0.2, 0.25) is 5.82 Å². The summed E-state index contributed by atoms with van der Waals surface area (Å²) < 4.78 is 16.7. The second kappa shape index (κ2) is 7.67. The van der Waals surface area contributed by atoms with Crippen LogP contribution >= 0.6 is 0 Å². The van der Waals surface area contributed by atoms with Crippen LogP contribution in [0.5, 0.6) is 5.75 Å². The maximum atomic E-state index is 12.8. The molecular formula is C24H16N2O4. The summed E-state index contributed by atoms with van der Waals surface area (Å²) in [6, 6.07) is 24.1. The highest BCUT2D eigenvalue weighted by molar-refractivity contribution is 5.82. The fourth-order valence-electron chi connectivity index (χ4n) is 3.18. The second-order valence-electron chi connectivity index (χ2n) is 6.67. The third-order valence-electron chi connectivity index (χ3n) is 4.69. The summed E-state index contributed by atoms with van der Waals surface area (Å²) in [6.07, 6.45) is 1.48. The molecule has 0 radical (unpaired) electrons. The Morgan fingerprint density at radius 2 is 1.60 bits per heavy atom. The van der Waals surface area contributed by atoms with Crippen LogP contribution in [0.3, 0.4) is 0 Å². The number of rotatable bonds is 5. The van der Waals surface area contributed by atoms with E-state index in [1.165, 1.54) is 6.26 Å². The van der Waals surface area contributed by atoms with Gasteiger partial charge in [-0.2, -0.15) is 4.98 Å². The number of ether oxygens (including phenoxy) is 1. The predicted molar refractivity (Wildman–Crippen MR) is 112 cm³/mol. The van der Waals surface area contributed by atoms with E-state index in [0.29, 0.717) is 34.0 Å². The van der Waals surface area contributed by atoms with Crippen LogP contribution in [0, 0.1) is 0 Å². The lowest BCUT2D eigenvalue weighted by molar-refractivity contribution is 0.243.